The third-order valence-corrected chi connectivity index (χ3v) is 4.80. The maximum Gasteiger partial charge on any atom is 0.318 e. The van der Waals surface area contributed by atoms with E-state index in [2.05, 4.69) is 5.10 Å². The van der Waals surface area contributed by atoms with Gasteiger partial charge >= 0.3 is 5.97 Å². The Morgan fingerprint density at radius 2 is 2.00 bits per heavy atom. The van der Waals surface area contributed by atoms with Crippen LogP contribution in [0, 0.1) is 0 Å². The van der Waals surface area contributed by atoms with Gasteiger partial charge in [0.15, 0.2) is 0 Å². The van der Waals surface area contributed by atoms with Crippen LogP contribution in [0.15, 0.2) is 47.6 Å². The van der Waals surface area contributed by atoms with Gasteiger partial charge in [0.05, 0.1) is 18.1 Å². The normalized spacial score (nSPS) is 11.7. The molecule has 0 saturated heterocycles. The van der Waals surface area contributed by atoms with Crippen LogP contribution in [0.1, 0.15) is 13.3 Å². The highest BCUT2D eigenvalue weighted by Gasteiger charge is 2.27. The summed E-state index contributed by atoms with van der Waals surface area (Å²) in [6, 6.07) is 9.08. The second kappa shape index (κ2) is 6.71. The van der Waals surface area contributed by atoms with Crippen LogP contribution in [0.5, 0.6) is 0 Å². The fourth-order valence-electron chi connectivity index (χ4n) is 1.99. The quantitative estimate of drug-likeness (QED) is 0.830. The highest BCUT2D eigenvalue weighted by atomic mass is 32.2. The first kappa shape index (κ1) is 16.2. The molecular weight excluding hydrogens is 306 g/mol. The number of para-hydroxylation sites is 1. The van der Waals surface area contributed by atoms with Crippen molar-refractivity contribution < 1.29 is 18.3 Å². The van der Waals surface area contributed by atoms with Crippen LogP contribution in [0.25, 0.3) is 5.69 Å². The Bertz CT molecular complexity index is 740. The van der Waals surface area contributed by atoms with Crippen molar-refractivity contribution in [2.24, 2.45) is 0 Å². The van der Waals surface area contributed by atoms with E-state index in [4.69, 9.17) is 5.11 Å². The summed E-state index contributed by atoms with van der Waals surface area (Å²) >= 11 is 0. The Labute approximate surface area is 128 Å². The molecule has 1 N–H and O–H groups in total. The Morgan fingerprint density at radius 1 is 1.32 bits per heavy atom. The standard InChI is InChI=1S/C14H17N3O4S/c1-2-8-16(11-14(18)19)22(20,21)13-9-15-17(10-13)12-6-4-3-5-7-12/h3-7,9-10H,2,8,11H2,1H3,(H,18,19). The fourth-order valence-corrected chi connectivity index (χ4v) is 3.41. The van der Waals surface area contributed by atoms with Gasteiger partial charge in [0, 0.05) is 6.54 Å². The largest absolute Gasteiger partial charge is 0.480 e. The Hall–Kier alpha value is -2.19. The fraction of sp³-hybridized carbons (Fsp3) is 0.286. The topological polar surface area (TPSA) is 92.5 Å². The average Bonchev–Trinajstić information content (AvgIpc) is 2.98. The minimum Gasteiger partial charge on any atom is -0.480 e. The lowest BCUT2D eigenvalue weighted by molar-refractivity contribution is -0.137. The number of carbonyl (C=O) groups is 1. The molecule has 118 valence electrons. The molecule has 0 unspecified atom stereocenters. The molecule has 8 heteroatoms. The van der Waals surface area contributed by atoms with Gasteiger partial charge in [0.25, 0.3) is 0 Å². The first-order valence-corrected chi connectivity index (χ1v) is 8.21. The minimum absolute atomic E-state index is 0.0222. The number of benzene rings is 1. The van der Waals surface area contributed by atoms with E-state index in [1.54, 1.807) is 19.1 Å². The first-order valence-electron chi connectivity index (χ1n) is 6.77. The van der Waals surface area contributed by atoms with E-state index in [-0.39, 0.29) is 11.4 Å². The number of aliphatic carboxylic acids is 1. The van der Waals surface area contributed by atoms with Crippen LogP contribution >= 0.6 is 0 Å². The zero-order chi connectivity index (χ0) is 16.2. The number of rotatable bonds is 7. The lowest BCUT2D eigenvalue weighted by atomic mass is 10.3. The Kier molecular flexibility index (Phi) is 4.94. The number of carboxylic acid groups (broad SMARTS) is 1. The van der Waals surface area contributed by atoms with Crippen LogP contribution < -0.4 is 0 Å². The van der Waals surface area contributed by atoms with Crippen molar-refractivity contribution in [3.8, 4) is 5.69 Å². The third-order valence-electron chi connectivity index (χ3n) is 3.00. The van der Waals surface area contributed by atoms with Gasteiger partial charge < -0.3 is 5.11 Å². The van der Waals surface area contributed by atoms with Crippen molar-refractivity contribution >= 4 is 16.0 Å². The highest BCUT2D eigenvalue weighted by Crippen LogP contribution is 2.17. The lowest BCUT2D eigenvalue weighted by Crippen LogP contribution is -2.36. The summed E-state index contributed by atoms with van der Waals surface area (Å²) < 4.78 is 27.4. The summed E-state index contributed by atoms with van der Waals surface area (Å²) in [5, 5.41) is 12.9. The molecule has 0 aliphatic rings. The third kappa shape index (κ3) is 3.52. The molecule has 0 fully saturated rings. The molecule has 0 aliphatic carbocycles. The molecule has 0 radical (unpaired) electrons. The van der Waals surface area contributed by atoms with Gasteiger partial charge in [-0.2, -0.15) is 9.40 Å². The van der Waals surface area contributed by atoms with Crippen molar-refractivity contribution in [2.45, 2.75) is 18.2 Å². The van der Waals surface area contributed by atoms with Gasteiger partial charge in [-0.1, -0.05) is 25.1 Å². The Morgan fingerprint density at radius 3 is 2.59 bits per heavy atom. The van der Waals surface area contributed by atoms with Gasteiger partial charge in [-0.3, -0.25) is 4.79 Å². The maximum absolute atomic E-state index is 12.5. The summed E-state index contributed by atoms with van der Waals surface area (Å²) in [5.74, 6) is -1.19. The van der Waals surface area contributed by atoms with Crippen molar-refractivity contribution in [1.82, 2.24) is 14.1 Å². The predicted molar refractivity (Wildman–Crippen MR) is 80.2 cm³/mol. The average molecular weight is 323 g/mol. The van der Waals surface area contributed by atoms with Crippen LogP contribution in [-0.4, -0.2) is 46.7 Å². The molecule has 0 bridgehead atoms. The molecule has 1 aromatic carbocycles. The summed E-state index contributed by atoms with van der Waals surface area (Å²) in [6.07, 6.45) is 3.14. The molecule has 22 heavy (non-hydrogen) atoms. The summed E-state index contributed by atoms with van der Waals surface area (Å²) in [6.45, 7) is 1.37. The molecule has 0 aliphatic heterocycles. The van der Waals surface area contributed by atoms with Gasteiger partial charge in [-0.15, -0.1) is 0 Å². The monoisotopic (exact) mass is 323 g/mol. The second-order valence-corrected chi connectivity index (χ2v) is 6.63. The van der Waals surface area contributed by atoms with Crippen LogP contribution in [0.4, 0.5) is 0 Å². The Balaban J connectivity index is 2.33. The number of hydrogen-bond donors (Lipinski definition) is 1. The van der Waals surface area contributed by atoms with Crippen LogP contribution in [0.3, 0.4) is 0 Å². The summed E-state index contributed by atoms with van der Waals surface area (Å²) in [4.78, 5) is 10.8. The van der Waals surface area contributed by atoms with E-state index in [0.29, 0.717) is 6.42 Å². The van der Waals surface area contributed by atoms with Gasteiger partial charge in [0.1, 0.15) is 11.4 Å². The molecule has 0 atom stereocenters. The number of hydrogen-bond acceptors (Lipinski definition) is 4. The molecule has 2 rings (SSSR count). The van der Waals surface area contributed by atoms with Gasteiger partial charge in [0.2, 0.25) is 10.0 Å². The number of nitrogens with zero attached hydrogens (tertiary/aromatic N) is 3. The minimum atomic E-state index is -3.88. The maximum atomic E-state index is 12.5. The molecule has 1 heterocycles. The SMILES string of the molecule is CCCN(CC(=O)O)S(=O)(=O)c1cnn(-c2ccccc2)c1. The molecule has 0 amide bonds. The van der Waals surface area contributed by atoms with Crippen LogP contribution in [0.2, 0.25) is 0 Å². The van der Waals surface area contributed by atoms with E-state index in [1.165, 1.54) is 17.1 Å². The summed E-state index contributed by atoms with van der Waals surface area (Å²) in [7, 11) is -3.88. The van der Waals surface area contributed by atoms with Crippen molar-refractivity contribution in [2.75, 3.05) is 13.1 Å². The number of sulfonamides is 1. The first-order chi connectivity index (χ1) is 10.4. The van der Waals surface area contributed by atoms with E-state index in [9.17, 15) is 13.2 Å². The predicted octanol–water partition coefficient (Wildman–Crippen LogP) is 1.36. The van der Waals surface area contributed by atoms with E-state index < -0.39 is 22.5 Å². The zero-order valence-corrected chi connectivity index (χ0v) is 12.9. The van der Waals surface area contributed by atoms with E-state index in [1.807, 2.05) is 18.2 Å². The van der Waals surface area contributed by atoms with E-state index in [0.717, 1.165) is 9.99 Å². The lowest BCUT2D eigenvalue weighted by Gasteiger charge is -2.18. The van der Waals surface area contributed by atoms with Crippen molar-refractivity contribution in [3.05, 3.63) is 42.7 Å². The van der Waals surface area contributed by atoms with E-state index >= 15 is 0 Å². The smallest absolute Gasteiger partial charge is 0.318 e. The van der Waals surface area contributed by atoms with Gasteiger partial charge in [-0.05, 0) is 18.6 Å². The molecular formula is C14H17N3O4S. The molecule has 0 spiro atoms. The van der Waals surface area contributed by atoms with Crippen molar-refractivity contribution in [3.63, 3.8) is 0 Å². The highest BCUT2D eigenvalue weighted by molar-refractivity contribution is 7.89. The van der Waals surface area contributed by atoms with Crippen molar-refractivity contribution in [1.29, 1.82) is 0 Å². The van der Waals surface area contributed by atoms with Gasteiger partial charge in [-0.25, -0.2) is 13.1 Å². The molecule has 1 aromatic heterocycles. The zero-order valence-electron chi connectivity index (χ0n) is 12.1. The number of aromatic nitrogens is 2. The number of carboxylic acids is 1. The molecule has 0 saturated carbocycles. The molecule has 7 nitrogen and oxygen atoms in total. The summed E-state index contributed by atoms with van der Waals surface area (Å²) in [5.41, 5.74) is 0.726. The second-order valence-electron chi connectivity index (χ2n) is 4.69. The van der Waals surface area contributed by atoms with Crippen LogP contribution in [-0.2, 0) is 14.8 Å². The molecule has 2 aromatic rings.